The van der Waals surface area contributed by atoms with Crippen LogP contribution >= 0.6 is 12.2 Å². The van der Waals surface area contributed by atoms with Gasteiger partial charge in [-0.05, 0) is 46.1 Å². The first-order valence-corrected chi connectivity index (χ1v) is 7.84. The third-order valence-electron chi connectivity index (χ3n) is 3.78. The molecule has 0 N–H and O–H groups in total. The van der Waals surface area contributed by atoms with E-state index < -0.39 is 0 Å². The number of benzene rings is 1. The zero-order valence-corrected chi connectivity index (χ0v) is 13.4. The van der Waals surface area contributed by atoms with Crippen molar-refractivity contribution in [2.75, 3.05) is 6.54 Å². The van der Waals surface area contributed by atoms with Gasteiger partial charge >= 0.3 is 0 Å². The predicted molar refractivity (Wildman–Crippen MR) is 84.2 cm³/mol. The fourth-order valence-corrected chi connectivity index (χ4v) is 2.93. The molecule has 2 aromatic rings. The first-order chi connectivity index (χ1) is 10.1. The first kappa shape index (κ1) is 14.4. The molecule has 0 saturated heterocycles. The van der Waals surface area contributed by atoms with E-state index in [1.807, 2.05) is 9.36 Å². The molecule has 1 aliphatic heterocycles. The molecule has 2 heterocycles. The van der Waals surface area contributed by atoms with Crippen molar-refractivity contribution in [3.63, 3.8) is 0 Å². The lowest BCUT2D eigenvalue weighted by molar-refractivity contribution is 0.186. The van der Waals surface area contributed by atoms with E-state index in [1.54, 1.807) is 0 Å². The van der Waals surface area contributed by atoms with Crippen LogP contribution in [0.25, 0.3) is 0 Å². The van der Waals surface area contributed by atoms with Crippen LogP contribution in [0.1, 0.15) is 25.0 Å². The summed E-state index contributed by atoms with van der Waals surface area (Å²) in [4.78, 5) is 2.37. The fourth-order valence-electron chi connectivity index (χ4n) is 2.72. The number of hydrogen-bond acceptors (Lipinski definition) is 4. The smallest absolute Gasteiger partial charge is 0.217 e. The van der Waals surface area contributed by atoms with Crippen LogP contribution in [-0.4, -0.2) is 31.2 Å². The molecule has 0 amide bonds. The lowest BCUT2D eigenvalue weighted by Gasteiger charge is -2.28. The maximum absolute atomic E-state index is 5.46. The van der Waals surface area contributed by atoms with Crippen LogP contribution in [-0.2, 0) is 26.2 Å². The van der Waals surface area contributed by atoms with E-state index in [9.17, 15) is 0 Å². The summed E-state index contributed by atoms with van der Waals surface area (Å²) in [6.07, 6.45) is 1.09. The van der Waals surface area contributed by atoms with Gasteiger partial charge in [-0.2, -0.15) is 0 Å². The molecule has 0 unspecified atom stereocenters. The Bertz CT molecular complexity index is 673. The molecule has 0 aliphatic carbocycles. The summed E-state index contributed by atoms with van der Waals surface area (Å²) in [6, 6.07) is 8.64. The van der Waals surface area contributed by atoms with Crippen LogP contribution in [0.2, 0.25) is 0 Å². The van der Waals surface area contributed by atoms with Gasteiger partial charge in [0.15, 0.2) is 0 Å². The Kier molecular flexibility index (Phi) is 4.17. The second kappa shape index (κ2) is 6.07. The van der Waals surface area contributed by atoms with Crippen molar-refractivity contribution in [1.29, 1.82) is 0 Å². The van der Waals surface area contributed by atoms with E-state index in [1.165, 1.54) is 11.1 Å². The molecule has 21 heavy (non-hydrogen) atoms. The fraction of sp³-hybridized carbons (Fsp3) is 0.533. The summed E-state index contributed by atoms with van der Waals surface area (Å²) in [6.45, 7) is 7.84. The highest BCUT2D eigenvalue weighted by molar-refractivity contribution is 7.71. The van der Waals surface area contributed by atoms with Crippen molar-refractivity contribution < 1.29 is 0 Å². The van der Waals surface area contributed by atoms with E-state index in [-0.39, 0.29) is 0 Å². The van der Waals surface area contributed by atoms with E-state index >= 15 is 0 Å². The number of nitrogens with zero attached hydrogens (tertiary/aromatic N) is 5. The average molecular weight is 303 g/mol. The molecule has 0 atom stereocenters. The van der Waals surface area contributed by atoms with Gasteiger partial charge in [-0.15, -0.1) is 0 Å². The van der Waals surface area contributed by atoms with Crippen molar-refractivity contribution in [3.8, 4) is 0 Å². The number of hydrogen-bond donors (Lipinski definition) is 0. The third kappa shape index (κ3) is 3.22. The van der Waals surface area contributed by atoms with E-state index in [2.05, 4.69) is 53.4 Å². The summed E-state index contributed by atoms with van der Waals surface area (Å²) >= 11 is 5.46. The summed E-state index contributed by atoms with van der Waals surface area (Å²) in [5, 5.41) is 8.37. The van der Waals surface area contributed by atoms with Crippen molar-refractivity contribution in [1.82, 2.24) is 24.7 Å². The molecule has 6 heteroatoms. The summed E-state index contributed by atoms with van der Waals surface area (Å²) < 4.78 is 4.35. The zero-order chi connectivity index (χ0) is 14.8. The zero-order valence-electron chi connectivity index (χ0n) is 12.6. The van der Waals surface area contributed by atoms with Gasteiger partial charge < -0.3 is 0 Å². The summed E-state index contributed by atoms with van der Waals surface area (Å²) in [5.74, 6) is 0.517. The maximum Gasteiger partial charge on any atom is 0.217 e. The Morgan fingerprint density at radius 3 is 2.62 bits per heavy atom. The number of tetrazole rings is 1. The standard InChI is InChI=1S/C15H21N5S/c1-12(2)9-19-15(21)20(17-16-19)11-18-8-7-13-5-3-4-6-14(13)10-18/h3-6,12H,7-11H2,1-2H3. The molecule has 112 valence electrons. The van der Waals surface area contributed by atoms with Gasteiger partial charge in [0.05, 0.1) is 6.67 Å². The largest absolute Gasteiger partial charge is 0.280 e. The molecule has 5 nitrogen and oxygen atoms in total. The van der Waals surface area contributed by atoms with Crippen molar-refractivity contribution in [3.05, 3.63) is 40.2 Å². The third-order valence-corrected chi connectivity index (χ3v) is 4.20. The highest BCUT2D eigenvalue weighted by Gasteiger charge is 2.17. The van der Waals surface area contributed by atoms with E-state index in [4.69, 9.17) is 12.2 Å². The highest BCUT2D eigenvalue weighted by atomic mass is 32.1. The van der Waals surface area contributed by atoms with Crippen molar-refractivity contribution >= 4 is 12.2 Å². The number of fused-ring (bicyclic) bond motifs is 1. The minimum atomic E-state index is 0.517. The average Bonchev–Trinajstić information content (AvgIpc) is 2.80. The lowest BCUT2D eigenvalue weighted by atomic mass is 10.0. The Balaban J connectivity index is 1.71. The van der Waals surface area contributed by atoms with Gasteiger partial charge in [0.2, 0.25) is 4.77 Å². The van der Waals surface area contributed by atoms with Gasteiger partial charge in [0.1, 0.15) is 0 Å². The van der Waals surface area contributed by atoms with Crippen LogP contribution < -0.4 is 0 Å². The number of aromatic nitrogens is 4. The first-order valence-electron chi connectivity index (χ1n) is 7.43. The molecule has 0 saturated carbocycles. The highest BCUT2D eigenvalue weighted by Crippen LogP contribution is 2.18. The van der Waals surface area contributed by atoms with Gasteiger partial charge in [-0.3, -0.25) is 4.90 Å². The second-order valence-corrected chi connectivity index (χ2v) is 6.41. The van der Waals surface area contributed by atoms with Gasteiger partial charge in [-0.1, -0.05) is 38.1 Å². The minimum Gasteiger partial charge on any atom is -0.280 e. The Morgan fingerprint density at radius 2 is 1.86 bits per heavy atom. The molecular formula is C15H21N5S. The normalized spacial score (nSPS) is 15.4. The van der Waals surface area contributed by atoms with Crippen LogP contribution in [0, 0.1) is 10.7 Å². The molecular weight excluding hydrogens is 282 g/mol. The maximum atomic E-state index is 5.46. The van der Waals surface area contributed by atoms with Gasteiger partial charge in [0, 0.05) is 19.6 Å². The molecule has 0 spiro atoms. The Hall–Kier alpha value is -1.53. The molecule has 1 aliphatic rings. The molecule has 1 aromatic carbocycles. The molecule has 1 aromatic heterocycles. The molecule has 3 rings (SSSR count). The van der Waals surface area contributed by atoms with Crippen LogP contribution in [0.4, 0.5) is 0 Å². The van der Waals surface area contributed by atoms with Gasteiger partial charge in [0.25, 0.3) is 0 Å². The van der Waals surface area contributed by atoms with E-state index in [0.717, 1.165) is 26.1 Å². The predicted octanol–water partition coefficient (Wildman–Crippen LogP) is 2.48. The van der Waals surface area contributed by atoms with Crippen molar-refractivity contribution in [2.45, 2.75) is 40.0 Å². The van der Waals surface area contributed by atoms with Crippen LogP contribution in [0.3, 0.4) is 0 Å². The second-order valence-electron chi connectivity index (χ2n) is 6.05. The van der Waals surface area contributed by atoms with Crippen LogP contribution in [0.15, 0.2) is 24.3 Å². The Labute approximate surface area is 130 Å². The molecule has 0 fully saturated rings. The van der Waals surface area contributed by atoms with E-state index in [0.29, 0.717) is 17.4 Å². The monoisotopic (exact) mass is 303 g/mol. The van der Waals surface area contributed by atoms with Gasteiger partial charge in [-0.25, -0.2) is 9.36 Å². The van der Waals surface area contributed by atoms with Crippen molar-refractivity contribution in [2.24, 2.45) is 5.92 Å². The molecule has 0 bridgehead atoms. The quantitative estimate of drug-likeness (QED) is 0.814. The SMILES string of the molecule is CC(C)Cn1nnn(CN2CCc3ccccc3C2)c1=S. The van der Waals surface area contributed by atoms with Crippen LogP contribution in [0.5, 0.6) is 0 Å². The summed E-state index contributed by atoms with van der Waals surface area (Å²) in [7, 11) is 0. The molecule has 0 radical (unpaired) electrons. The Morgan fingerprint density at radius 1 is 1.14 bits per heavy atom. The minimum absolute atomic E-state index is 0.517. The number of rotatable bonds is 4. The lowest BCUT2D eigenvalue weighted by Crippen LogP contribution is -2.32. The topological polar surface area (TPSA) is 38.9 Å². The summed E-state index contributed by atoms with van der Waals surface area (Å²) in [5.41, 5.74) is 2.87.